The Morgan fingerprint density at radius 2 is 1.81 bits per heavy atom. The lowest BCUT2D eigenvalue weighted by molar-refractivity contribution is 0.0922. The Morgan fingerprint density at radius 1 is 1.03 bits per heavy atom. The number of nitrogens with zero attached hydrogens (tertiary/aromatic N) is 1. The number of sulfone groups is 1. The van der Waals surface area contributed by atoms with Crippen molar-refractivity contribution in [3.05, 3.63) is 59.2 Å². The number of fused-ring (bicyclic) bond motifs is 1. The number of rotatable bonds is 5. The maximum Gasteiger partial charge on any atom is 0.181 e. The van der Waals surface area contributed by atoms with Gasteiger partial charge in [-0.2, -0.15) is 0 Å². The molecule has 0 spiro atoms. The second kappa shape index (κ2) is 8.57. The summed E-state index contributed by atoms with van der Waals surface area (Å²) in [7, 11) is -3.29. The molecule has 0 amide bonds. The normalized spacial score (nSPS) is 24.8. The van der Waals surface area contributed by atoms with Crippen molar-refractivity contribution in [2.75, 3.05) is 13.2 Å². The monoisotopic (exact) mass is 440 g/mol. The zero-order valence-corrected chi connectivity index (χ0v) is 18.8. The lowest BCUT2D eigenvalue weighted by atomic mass is 9.81. The zero-order valence-electron chi connectivity index (χ0n) is 18.0. The minimum Gasteiger partial charge on any atom is -0.493 e. The van der Waals surface area contributed by atoms with Gasteiger partial charge in [0.05, 0.1) is 22.8 Å². The number of piperidine rings is 1. The van der Waals surface area contributed by atoms with Gasteiger partial charge in [0, 0.05) is 13.0 Å². The summed E-state index contributed by atoms with van der Waals surface area (Å²) in [5, 5.41) is 1.73. The van der Waals surface area contributed by atoms with Gasteiger partial charge in [0.25, 0.3) is 0 Å². The molecule has 0 radical (unpaired) electrons. The number of nitrogens with two attached hydrogens (primary N) is 1. The van der Waals surface area contributed by atoms with Crippen molar-refractivity contribution < 1.29 is 13.2 Å². The van der Waals surface area contributed by atoms with Crippen molar-refractivity contribution in [2.24, 2.45) is 11.8 Å². The maximum atomic E-state index is 13.3. The van der Waals surface area contributed by atoms with Gasteiger partial charge in [0.15, 0.2) is 9.84 Å². The van der Waals surface area contributed by atoms with Crippen LogP contribution in [-0.2, 0) is 22.7 Å². The van der Waals surface area contributed by atoms with E-state index in [-0.39, 0.29) is 11.3 Å². The predicted molar refractivity (Wildman–Crippen MR) is 122 cm³/mol. The Balaban J connectivity index is 1.50. The molecule has 31 heavy (non-hydrogen) atoms. The summed E-state index contributed by atoms with van der Waals surface area (Å²) in [5.74, 6) is 7.68. The lowest BCUT2D eigenvalue weighted by Gasteiger charge is -2.39. The van der Waals surface area contributed by atoms with Crippen LogP contribution in [0.25, 0.3) is 0 Å². The molecule has 5 rings (SSSR count). The Bertz CT molecular complexity index is 1030. The van der Waals surface area contributed by atoms with E-state index in [9.17, 15) is 8.42 Å². The van der Waals surface area contributed by atoms with E-state index >= 15 is 0 Å². The molecule has 2 fully saturated rings. The third-order valence-corrected chi connectivity index (χ3v) is 9.56. The van der Waals surface area contributed by atoms with Crippen molar-refractivity contribution in [3.8, 4) is 5.75 Å². The highest BCUT2D eigenvalue weighted by atomic mass is 32.2. The van der Waals surface area contributed by atoms with Crippen LogP contribution in [0.1, 0.15) is 61.3 Å². The van der Waals surface area contributed by atoms with E-state index in [1.807, 2.05) is 23.2 Å². The van der Waals surface area contributed by atoms with Crippen molar-refractivity contribution in [1.82, 2.24) is 5.01 Å². The van der Waals surface area contributed by atoms with Crippen molar-refractivity contribution in [3.63, 3.8) is 0 Å². The fourth-order valence-corrected chi connectivity index (χ4v) is 7.73. The SMILES string of the molecule is NN1CCC[C@@H](Cc2cc(S(=O)(=O)C3CCCC3)cc3c2OCC3)[C@H]1c1ccccc1. The van der Waals surface area contributed by atoms with Crippen molar-refractivity contribution in [2.45, 2.75) is 67.6 Å². The quantitative estimate of drug-likeness (QED) is 0.705. The molecule has 1 saturated heterocycles. The van der Waals surface area contributed by atoms with E-state index < -0.39 is 9.84 Å². The zero-order chi connectivity index (χ0) is 21.4. The summed E-state index contributed by atoms with van der Waals surface area (Å²) in [5.41, 5.74) is 3.31. The second-order valence-electron chi connectivity index (χ2n) is 9.32. The summed E-state index contributed by atoms with van der Waals surface area (Å²) in [6.07, 6.45) is 7.28. The number of hydrogen-bond donors (Lipinski definition) is 1. The van der Waals surface area contributed by atoms with Crippen LogP contribution in [0.15, 0.2) is 47.4 Å². The predicted octanol–water partition coefficient (Wildman–Crippen LogP) is 4.21. The molecular weight excluding hydrogens is 408 g/mol. The van der Waals surface area contributed by atoms with Crippen LogP contribution >= 0.6 is 0 Å². The highest BCUT2D eigenvalue weighted by Crippen LogP contribution is 2.41. The molecule has 2 aliphatic heterocycles. The molecule has 1 aliphatic carbocycles. The maximum absolute atomic E-state index is 13.3. The van der Waals surface area contributed by atoms with Crippen LogP contribution in [0, 0.1) is 5.92 Å². The van der Waals surface area contributed by atoms with Gasteiger partial charge in [-0.15, -0.1) is 0 Å². The van der Waals surface area contributed by atoms with Gasteiger partial charge in [-0.1, -0.05) is 43.2 Å². The first kappa shape index (κ1) is 21.0. The molecule has 2 heterocycles. The molecule has 3 aliphatic rings. The van der Waals surface area contributed by atoms with Crippen LogP contribution in [-0.4, -0.2) is 31.8 Å². The van der Waals surface area contributed by atoms with Gasteiger partial charge >= 0.3 is 0 Å². The van der Waals surface area contributed by atoms with Gasteiger partial charge in [0.1, 0.15) is 5.75 Å². The van der Waals surface area contributed by atoms with E-state index in [0.717, 1.165) is 74.8 Å². The Labute approximate surface area is 185 Å². The smallest absolute Gasteiger partial charge is 0.181 e. The minimum atomic E-state index is -3.29. The Hall–Kier alpha value is -1.89. The van der Waals surface area contributed by atoms with Gasteiger partial charge in [0.2, 0.25) is 0 Å². The summed E-state index contributed by atoms with van der Waals surface area (Å²) in [4.78, 5) is 0.496. The fraction of sp³-hybridized carbons (Fsp3) is 0.520. The molecule has 2 N–H and O–H groups in total. The molecule has 5 nitrogen and oxygen atoms in total. The Kier molecular flexibility index (Phi) is 5.80. The van der Waals surface area contributed by atoms with Gasteiger partial charge < -0.3 is 4.74 Å². The van der Waals surface area contributed by atoms with E-state index in [4.69, 9.17) is 10.6 Å². The topological polar surface area (TPSA) is 72.6 Å². The number of ether oxygens (including phenoxy) is 1. The summed E-state index contributed by atoms with van der Waals surface area (Å²) >= 11 is 0. The molecule has 6 heteroatoms. The van der Waals surface area contributed by atoms with E-state index in [0.29, 0.717) is 17.4 Å². The average Bonchev–Trinajstić information content (AvgIpc) is 3.47. The second-order valence-corrected chi connectivity index (χ2v) is 11.5. The largest absolute Gasteiger partial charge is 0.493 e. The lowest BCUT2D eigenvalue weighted by Crippen LogP contribution is -2.44. The van der Waals surface area contributed by atoms with E-state index in [2.05, 4.69) is 24.3 Å². The summed E-state index contributed by atoms with van der Waals surface area (Å²) < 4.78 is 32.7. The number of benzene rings is 2. The molecule has 2 atom stereocenters. The van der Waals surface area contributed by atoms with Crippen LogP contribution in [0.4, 0.5) is 0 Å². The average molecular weight is 441 g/mol. The molecule has 2 aromatic rings. The van der Waals surface area contributed by atoms with E-state index in [1.54, 1.807) is 0 Å². The van der Waals surface area contributed by atoms with Gasteiger partial charge in [-0.05, 0) is 66.8 Å². The molecule has 166 valence electrons. The molecule has 0 aromatic heterocycles. The minimum absolute atomic E-state index is 0.127. The molecular formula is C25H32N2O3S. The summed E-state index contributed by atoms with van der Waals surface area (Å²) in [6, 6.07) is 14.4. The first-order valence-corrected chi connectivity index (χ1v) is 13.2. The third kappa shape index (κ3) is 4.01. The van der Waals surface area contributed by atoms with Gasteiger partial charge in [-0.3, -0.25) is 5.84 Å². The molecule has 1 saturated carbocycles. The standard InChI is InChI=1S/C25H32N2O3S/c26-27-13-6-9-19(24(27)18-7-2-1-3-8-18)15-21-17-23(16-20-12-14-30-25(20)21)31(28,29)22-10-4-5-11-22/h1-3,7-8,16-17,19,22,24H,4-6,9-15,26H2/t19-,24+/m0/s1. The highest BCUT2D eigenvalue weighted by molar-refractivity contribution is 7.92. The first-order chi connectivity index (χ1) is 15.0. The summed E-state index contributed by atoms with van der Waals surface area (Å²) in [6.45, 7) is 1.51. The van der Waals surface area contributed by atoms with E-state index in [1.165, 1.54) is 5.56 Å². The van der Waals surface area contributed by atoms with Crippen LogP contribution in [0.5, 0.6) is 5.75 Å². The first-order valence-electron chi connectivity index (χ1n) is 11.6. The number of hydrogen-bond acceptors (Lipinski definition) is 5. The molecule has 0 bridgehead atoms. The van der Waals surface area contributed by atoms with Crippen molar-refractivity contribution >= 4 is 9.84 Å². The molecule has 0 unspecified atom stereocenters. The highest BCUT2D eigenvalue weighted by Gasteiger charge is 2.35. The van der Waals surface area contributed by atoms with Crippen LogP contribution in [0.2, 0.25) is 0 Å². The van der Waals surface area contributed by atoms with Crippen molar-refractivity contribution in [1.29, 1.82) is 0 Å². The van der Waals surface area contributed by atoms with Crippen LogP contribution < -0.4 is 10.6 Å². The number of hydrazine groups is 1. The Morgan fingerprint density at radius 3 is 2.58 bits per heavy atom. The van der Waals surface area contributed by atoms with Gasteiger partial charge in [-0.25, -0.2) is 13.4 Å². The third-order valence-electron chi connectivity index (χ3n) is 7.32. The van der Waals surface area contributed by atoms with Crippen LogP contribution in [0.3, 0.4) is 0 Å². The molecule has 2 aromatic carbocycles. The fourth-order valence-electron chi connectivity index (χ4n) is 5.78.